The Morgan fingerprint density at radius 2 is 1.79 bits per heavy atom. The second kappa shape index (κ2) is 5.70. The summed E-state index contributed by atoms with van der Waals surface area (Å²) in [5.74, 6) is 0.377. The Hall–Kier alpha value is -0.100. The van der Waals surface area contributed by atoms with Crippen molar-refractivity contribution in [2.75, 3.05) is 12.0 Å². The van der Waals surface area contributed by atoms with E-state index in [1.54, 1.807) is 6.92 Å². The van der Waals surface area contributed by atoms with Gasteiger partial charge in [-0.05, 0) is 13.8 Å². The summed E-state index contributed by atoms with van der Waals surface area (Å²) in [5, 5.41) is 2.75. The third-order valence-electron chi connectivity index (χ3n) is 1.59. The Kier molecular flexibility index (Phi) is 5.66. The van der Waals surface area contributed by atoms with Crippen molar-refractivity contribution in [1.29, 1.82) is 0 Å². The van der Waals surface area contributed by atoms with Gasteiger partial charge in [-0.2, -0.15) is 13.2 Å². The van der Waals surface area contributed by atoms with Gasteiger partial charge >= 0.3 is 6.18 Å². The minimum Gasteiger partial charge on any atom is -0.311 e. The van der Waals surface area contributed by atoms with Crippen LogP contribution in [0.1, 0.15) is 20.3 Å². The Morgan fingerprint density at radius 3 is 2.14 bits per heavy atom. The maximum Gasteiger partial charge on any atom is 0.390 e. The van der Waals surface area contributed by atoms with Crippen molar-refractivity contribution in [3.63, 3.8) is 0 Å². The van der Waals surface area contributed by atoms with Crippen molar-refractivity contribution in [3.05, 3.63) is 0 Å². The van der Waals surface area contributed by atoms with Crippen LogP contribution in [0.2, 0.25) is 0 Å². The van der Waals surface area contributed by atoms with Crippen LogP contribution < -0.4 is 5.32 Å². The molecule has 0 saturated heterocycles. The molecule has 0 heterocycles. The van der Waals surface area contributed by atoms with E-state index in [-0.39, 0.29) is 6.04 Å². The van der Waals surface area contributed by atoms with Gasteiger partial charge in [0.1, 0.15) is 0 Å². The summed E-state index contributed by atoms with van der Waals surface area (Å²) < 4.78 is 46.5. The molecule has 2 nitrogen and oxygen atoms in total. The quantitative estimate of drug-likeness (QED) is 0.780. The molecule has 0 radical (unpaired) electrons. The molecule has 0 spiro atoms. The van der Waals surface area contributed by atoms with Crippen molar-refractivity contribution in [3.8, 4) is 0 Å². The van der Waals surface area contributed by atoms with Crippen LogP contribution in [0.25, 0.3) is 0 Å². The first kappa shape index (κ1) is 13.9. The third-order valence-corrected chi connectivity index (χ3v) is 2.56. The molecule has 0 aromatic heterocycles. The molecule has 1 N–H and O–H groups in total. The molecule has 86 valence electrons. The largest absolute Gasteiger partial charge is 0.390 e. The SMILES string of the molecule is CC(CS(C)=O)NC(C)CC(F)(F)F. The molecule has 3 unspecified atom stereocenters. The molecule has 14 heavy (non-hydrogen) atoms. The van der Waals surface area contributed by atoms with Gasteiger partial charge in [0.15, 0.2) is 0 Å². The lowest BCUT2D eigenvalue weighted by Crippen LogP contribution is -2.40. The van der Waals surface area contributed by atoms with Crippen LogP contribution in [0.15, 0.2) is 0 Å². The number of hydrogen-bond acceptors (Lipinski definition) is 2. The first-order valence-corrected chi connectivity index (χ1v) is 6.06. The first-order valence-electron chi connectivity index (χ1n) is 4.33. The van der Waals surface area contributed by atoms with Gasteiger partial charge in [0.2, 0.25) is 0 Å². The van der Waals surface area contributed by atoms with Gasteiger partial charge < -0.3 is 5.32 Å². The van der Waals surface area contributed by atoms with Gasteiger partial charge in [0.05, 0.1) is 6.42 Å². The van der Waals surface area contributed by atoms with Gasteiger partial charge in [0, 0.05) is 34.9 Å². The maximum atomic E-state index is 11.9. The Bertz CT molecular complexity index is 196. The van der Waals surface area contributed by atoms with E-state index in [0.717, 1.165) is 0 Å². The molecule has 0 aromatic rings. The minimum absolute atomic E-state index is 0.154. The van der Waals surface area contributed by atoms with Gasteiger partial charge in [-0.25, -0.2) is 0 Å². The first-order chi connectivity index (χ1) is 6.20. The van der Waals surface area contributed by atoms with Crippen LogP contribution in [0.5, 0.6) is 0 Å². The van der Waals surface area contributed by atoms with Crippen LogP contribution in [0.3, 0.4) is 0 Å². The van der Waals surface area contributed by atoms with Gasteiger partial charge in [-0.1, -0.05) is 0 Å². The monoisotopic (exact) mass is 231 g/mol. The van der Waals surface area contributed by atoms with E-state index in [0.29, 0.717) is 5.75 Å². The van der Waals surface area contributed by atoms with Crippen LogP contribution >= 0.6 is 0 Å². The lowest BCUT2D eigenvalue weighted by atomic mass is 10.2. The lowest BCUT2D eigenvalue weighted by molar-refractivity contribution is -0.139. The predicted octanol–water partition coefficient (Wildman–Crippen LogP) is 1.68. The summed E-state index contributed by atoms with van der Waals surface area (Å²) in [6.07, 6.45) is -3.46. The van der Waals surface area contributed by atoms with Crippen LogP contribution in [-0.2, 0) is 10.8 Å². The Labute approximate surface area is 84.7 Å². The Balaban J connectivity index is 3.82. The van der Waals surface area contributed by atoms with E-state index < -0.39 is 29.4 Å². The van der Waals surface area contributed by atoms with Crippen LogP contribution in [0.4, 0.5) is 13.2 Å². The zero-order valence-electron chi connectivity index (χ0n) is 8.52. The zero-order chi connectivity index (χ0) is 11.4. The van der Waals surface area contributed by atoms with Gasteiger partial charge in [-0.3, -0.25) is 4.21 Å². The highest BCUT2D eigenvalue weighted by atomic mass is 32.2. The molecule has 0 aliphatic carbocycles. The van der Waals surface area contributed by atoms with E-state index in [1.165, 1.54) is 13.2 Å². The molecule has 0 saturated carbocycles. The molecule has 0 amide bonds. The van der Waals surface area contributed by atoms with E-state index in [4.69, 9.17) is 0 Å². The zero-order valence-corrected chi connectivity index (χ0v) is 9.34. The van der Waals surface area contributed by atoms with E-state index in [9.17, 15) is 17.4 Å². The van der Waals surface area contributed by atoms with E-state index in [2.05, 4.69) is 5.32 Å². The summed E-state index contributed by atoms with van der Waals surface area (Å²) in [6.45, 7) is 3.21. The highest BCUT2D eigenvalue weighted by Gasteiger charge is 2.30. The molecule has 3 atom stereocenters. The average molecular weight is 231 g/mol. The minimum atomic E-state index is -4.14. The van der Waals surface area contributed by atoms with Crippen molar-refractivity contribution in [1.82, 2.24) is 5.32 Å². The van der Waals surface area contributed by atoms with E-state index in [1.807, 2.05) is 0 Å². The fraction of sp³-hybridized carbons (Fsp3) is 1.00. The molecule has 0 aliphatic rings. The fourth-order valence-electron chi connectivity index (χ4n) is 1.29. The van der Waals surface area contributed by atoms with Crippen LogP contribution in [0, 0.1) is 0 Å². The summed E-state index contributed by atoms with van der Waals surface area (Å²) in [4.78, 5) is 0. The van der Waals surface area contributed by atoms with Crippen molar-refractivity contribution < 1.29 is 17.4 Å². The topological polar surface area (TPSA) is 29.1 Å². The van der Waals surface area contributed by atoms with Gasteiger partial charge in [-0.15, -0.1) is 0 Å². The number of alkyl halides is 3. The standard InChI is InChI=1S/C8H16F3NOS/c1-6(4-8(9,10)11)12-7(2)5-14(3)13/h6-7,12H,4-5H2,1-3H3. The molecule has 0 fully saturated rings. The summed E-state index contributed by atoms with van der Waals surface area (Å²) in [5.41, 5.74) is 0. The lowest BCUT2D eigenvalue weighted by Gasteiger charge is -2.20. The highest BCUT2D eigenvalue weighted by molar-refractivity contribution is 7.84. The van der Waals surface area contributed by atoms with E-state index >= 15 is 0 Å². The second-order valence-electron chi connectivity index (χ2n) is 3.53. The second-order valence-corrected chi connectivity index (χ2v) is 5.01. The number of rotatable bonds is 5. The normalized spacial score (nSPS) is 19.0. The molecule has 0 aliphatic heterocycles. The van der Waals surface area contributed by atoms with Crippen LogP contribution in [-0.4, -0.2) is 34.5 Å². The molecular weight excluding hydrogens is 215 g/mol. The number of halogens is 3. The molecule has 0 rings (SSSR count). The average Bonchev–Trinajstić information content (AvgIpc) is 1.77. The molecule has 0 aromatic carbocycles. The predicted molar refractivity (Wildman–Crippen MR) is 51.7 cm³/mol. The summed E-state index contributed by atoms with van der Waals surface area (Å²) in [7, 11) is -0.979. The van der Waals surface area contributed by atoms with Crippen molar-refractivity contribution in [2.24, 2.45) is 0 Å². The smallest absolute Gasteiger partial charge is 0.311 e. The fourth-order valence-corrected chi connectivity index (χ4v) is 2.09. The van der Waals surface area contributed by atoms with Crippen molar-refractivity contribution in [2.45, 2.75) is 38.5 Å². The van der Waals surface area contributed by atoms with Crippen molar-refractivity contribution >= 4 is 10.8 Å². The maximum absolute atomic E-state index is 11.9. The number of hydrogen-bond donors (Lipinski definition) is 1. The third kappa shape index (κ3) is 8.50. The van der Waals surface area contributed by atoms with Gasteiger partial charge in [0.25, 0.3) is 0 Å². The molecule has 6 heteroatoms. The highest BCUT2D eigenvalue weighted by Crippen LogP contribution is 2.21. The summed E-state index contributed by atoms with van der Waals surface area (Å²) >= 11 is 0. The molecule has 0 bridgehead atoms. The summed E-state index contributed by atoms with van der Waals surface area (Å²) in [6, 6.07) is -0.785. The Morgan fingerprint density at radius 1 is 1.29 bits per heavy atom. The molecular formula is C8H16F3NOS. The number of nitrogens with one attached hydrogen (secondary N) is 1.